The molecule has 0 saturated heterocycles. The predicted octanol–water partition coefficient (Wildman–Crippen LogP) is 3.27. The van der Waals surface area contributed by atoms with Gasteiger partial charge in [0.2, 0.25) is 0 Å². The molecule has 0 heterocycles. The van der Waals surface area contributed by atoms with Gasteiger partial charge in [-0.3, -0.25) is 0 Å². The molecular formula is C15H11N. The van der Waals surface area contributed by atoms with E-state index in [0.29, 0.717) is 6.04 Å². The van der Waals surface area contributed by atoms with Crippen molar-refractivity contribution in [1.82, 2.24) is 0 Å². The molecule has 76 valence electrons. The number of rotatable bonds is 3. The molecule has 0 aliphatic rings. The Morgan fingerprint density at radius 1 is 0.875 bits per heavy atom. The molecule has 0 bridgehead atoms. The number of nitrogens with one attached hydrogen (secondary N) is 1. The second-order valence-electron chi connectivity index (χ2n) is 3.36. The molecule has 1 nitrogen and oxygen atoms in total. The van der Waals surface area contributed by atoms with Gasteiger partial charge in [0.25, 0.3) is 0 Å². The molecule has 2 aromatic carbocycles. The molecule has 0 spiro atoms. The summed E-state index contributed by atoms with van der Waals surface area (Å²) in [5, 5.41) is 3.16. The van der Waals surface area contributed by atoms with Crippen molar-refractivity contribution < 1.29 is 0 Å². The van der Waals surface area contributed by atoms with Crippen LogP contribution in [0.4, 0.5) is 5.69 Å². The summed E-state index contributed by atoms with van der Waals surface area (Å²) in [5.74, 6) is 2.42. The molecule has 2 aromatic rings. The molecule has 1 heteroatoms. The third-order valence-electron chi connectivity index (χ3n) is 2.23. The Hall–Kier alpha value is -2.11. The van der Waals surface area contributed by atoms with Gasteiger partial charge in [-0.05, 0) is 0 Å². The van der Waals surface area contributed by atoms with Crippen molar-refractivity contribution in [3.8, 4) is 5.92 Å². The van der Waals surface area contributed by atoms with Gasteiger partial charge >= 0.3 is 95.6 Å². The van der Waals surface area contributed by atoms with E-state index in [1.54, 1.807) is 0 Å². The van der Waals surface area contributed by atoms with Crippen LogP contribution < -0.4 is 5.32 Å². The number of hydrogen-bond donors (Lipinski definition) is 1. The Morgan fingerprint density at radius 3 is 2.00 bits per heavy atom. The SMILES string of the molecule is [C+]#C[C-](Nc1ccccc1)c1ccccc1. The Balaban J connectivity index is 2.17. The van der Waals surface area contributed by atoms with E-state index in [9.17, 15) is 0 Å². The van der Waals surface area contributed by atoms with Gasteiger partial charge < -0.3 is 0 Å². The van der Waals surface area contributed by atoms with Gasteiger partial charge in [0.05, 0.1) is 0 Å². The van der Waals surface area contributed by atoms with E-state index in [0.717, 1.165) is 11.3 Å². The summed E-state index contributed by atoms with van der Waals surface area (Å²) in [6, 6.07) is 20.2. The number of benzene rings is 2. The fraction of sp³-hybridized carbons (Fsp3) is 0. The molecule has 0 aliphatic carbocycles. The van der Waals surface area contributed by atoms with Crippen molar-refractivity contribution in [3.05, 3.63) is 78.7 Å². The van der Waals surface area contributed by atoms with Gasteiger partial charge in [-0.1, -0.05) is 0 Å². The standard InChI is InChI=1S/C15H11N/c1-2-15(13-9-5-3-6-10-13)16-14-11-7-4-8-12-14/h3-12,16H. The maximum atomic E-state index is 7.30. The zero-order chi connectivity index (χ0) is 11.2. The molecule has 0 amide bonds. The van der Waals surface area contributed by atoms with Crippen LogP contribution in [0.15, 0.2) is 60.7 Å². The molecule has 0 radical (unpaired) electrons. The zero-order valence-corrected chi connectivity index (χ0v) is 8.77. The Kier molecular flexibility index (Phi) is 3.32. The van der Waals surface area contributed by atoms with E-state index in [1.807, 2.05) is 60.7 Å². The average molecular weight is 205 g/mol. The summed E-state index contributed by atoms with van der Waals surface area (Å²) in [6.07, 6.45) is 7.30. The van der Waals surface area contributed by atoms with Crippen LogP contribution in [0.1, 0.15) is 5.56 Å². The van der Waals surface area contributed by atoms with Gasteiger partial charge in [0, 0.05) is 0 Å². The molecule has 0 aliphatic heterocycles. The van der Waals surface area contributed by atoms with E-state index in [4.69, 9.17) is 6.42 Å². The van der Waals surface area contributed by atoms with E-state index in [1.165, 1.54) is 0 Å². The fourth-order valence-corrected chi connectivity index (χ4v) is 1.45. The first-order valence-electron chi connectivity index (χ1n) is 5.07. The maximum absolute atomic E-state index is 7.30. The van der Waals surface area contributed by atoms with Gasteiger partial charge in [-0.2, -0.15) is 0 Å². The van der Waals surface area contributed by atoms with Crippen molar-refractivity contribution in [2.75, 3.05) is 5.32 Å². The molecule has 0 atom stereocenters. The Bertz CT molecular complexity index is 468. The third-order valence-corrected chi connectivity index (χ3v) is 2.23. The average Bonchev–Trinajstić information content (AvgIpc) is 2.38. The van der Waals surface area contributed by atoms with Gasteiger partial charge in [0.15, 0.2) is 0 Å². The molecule has 0 unspecified atom stereocenters. The second kappa shape index (κ2) is 5.11. The second-order valence-corrected chi connectivity index (χ2v) is 3.36. The van der Waals surface area contributed by atoms with E-state index < -0.39 is 0 Å². The zero-order valence-electron chi connectivity index (χ0n) is 8.77. The van der Waals surface area contributed by atoms with Crippen LogP contribution in [0.2, 0.25) is 0 Å². The Morgan fingerprint density at radius 2 is 1.44 bits per heavy atom. The van der Waals surface area contributed by atoms with Gasteiger partial charge in [-0.25, -0.2) is 0 Å². The molecule has 0 fully saturated rings. The van der Waals surface area contributed by atoms with E-state index in [-0.39, 0.29) is 0 Å². The number of anilines is 1. The fourth-order valence-electron chi connectivity index (χ4n) is 1.45. The summed E-state index contributed by atoms with van der Waals surface area (Å²) < 4.78 is 0. The van der Waals surface area contributed by atoms with E-state index >= 15 is 0 Å². The number of hydrogen-bond acceptors (Lipinski definition) is 1. The monoisotopic (exact) mass is 205 g/mol. The van der Waals surface area contributed by atoms with Gasteiger partial charge in [0.1, 0.15) is 0 Å². The van der Waals surface area contributed by atoms with Gasteiger partial charge in [-0.15, -0.1) is 0 Å². The Labute approximate surface area is 96.1 Å². The first-order valence-corrected chi connectivity index (χ1v) is 5.07. The first kappa shape index (κ1) is 10.4. The van der Waals surface area contributed by atoms with Crippen LogP contribution in [0.25, 0.3) is 0 Å². The van der Waals surface area contributed by atoms with Crippen molar-refractivity contribution in [3.63, 3.8) is 0 Å². The molecule has 0 aromatic heterocycles. The first-order chi connectivity index (χ1) is 7.90. The minimum atomic E-state index is 0.673. The van der Waals surface area contributed by atoms with Crippen molar-refractivity contribution >= 4 is 5.69 Å². The van der Waals surface area contributed by atoms with Crippen molar-refractivity contribution in [1.29, 1.82) is 0 Å². The summed E-state index contributed by atoms with van der Waals surface area (Å²) in [5.41, 5.74) is 1.92. The van der Waals surface area contributed by atoms with Crippen molar-refractivity contribution in [2.24, 2.45) is 0 Å². The predicted molar refractivity (Wildman–Crippen MR) is 66.0 cm³/mol. The molecule has 2 rings (SSSR count). The summed E-state index contributed by atoms with van der Waals surface area (Å²) in [6.45, 7) is 0. The molecule has 1 N–H and O–H groups in total. The topological polar surface area (TPSA) is 12.0 Å². The third kappa shape index (κ3) is 2.47. The molecular weight excluding hydrogens is 194 g/mol. The molecule has 0 saturated carbocycles. The minimum absolute atomic E-state index is 0.673. The normalized spacial score (nSPS) is 9.38. The van der Waals surface area contributed by atoms with Crippen LogP contribution in [0.5, 0.6) is 0 Å². The van der Waals surface area contributed by atoms with E-state index in [2.05, 4.69) is 11.2 Å². The summed E-state index contributed by atoms with van der Waals surface area (Å²) in [7, 11) is 0. The van der Waals surface area contributed by atoms with Crippen LogP contribution in [-0.2, 0) is 0 Å². The van der Waals surface area contributed by atoms with Crippen molar-refractivity contribution in [2.45, 2.75) is 0 Å². The van der Waals surface area contributed by atoms with Crippen LogP contribution in [0.3, 0.4) is 0 Å². The summed E-state index contributed by atoms with van der Waals surface area (Å²) >= 11 is 0. The van der Waals surface area contributed by atoms with Crippen LogP contribution >= 0.6 is 0 Å². The number of para-hydroxylation sites is 1. The van der Waals surface area contributed by atoms with Crippen LogP contribution in [0, 0.1) is 18.4 Å². The molecule has 16 heavy (non-hydrogen) atoms. The summed E-state index contributed by atoms with van der Waals surface area (Å²) in [4.78, 5) is 0. The van der Waals surface area contributed by atoms with Crippen LogP contribution in [-0.4, -0.2) is 0 Å². The quantitative estimate of drug-likeness (QED) is 0.599.